The standard InChI is InChI=1S/C22H25ClN4O3/c1-14(2)25-22(29)15-11-17(23)21(24-12-15)26-9-7-16(8-10-26)27-18-5-3-4-6-19(18)30-13-20(27)28/h3-6,11-12,14,16H,7-10,13H2,1-2H3,(H,25,29). The van der Waals surface area contributed by atoms with Gasteiger partial charge in [0, 0.05) is 31.4 Å². The smallest absolute Gasteiger partial charge is 0.265 e. The third kappa shape index (κ3) is 4.07. The van der Waals surface area contributed by atoms with E-state index in [1.165, 1.54) is 0 Å². The van der Waals surface area contributed by atoms with E-state index < -0.39 is 0 Å². The van der Waals surface area contributed by atoms with E-state index in [2.05, 4.69) is 15.2 Å². The molecule has 0 spiro atoms. The molecule has 2 aliphatic rings. The quantitative estimate of drug-likeness (QED) is 0.808. The number of amides is 2. The minimum atomic E-state index is -0.186. The molecule has 2 amide bonds. The van der Waals surface area contributed by atoms with E-state index in [0.29, 0.717) is 16.4 Å². The second kappa shape index (κ2) is 8.52. The number of nitrogens with one attached hydrogen (secondary N) is 1. The molecule has 4 rings (SSSR count). The first-order valence-electron chi connectivity index (χ1n) is 10.2. The number of halogens is 1. The summed E-state index contributed by atoms with van der Waals surface area (Å²) in [4.78, 5) is 33.2. The first-order valence-corrected chi connectivity index (χ1v) is 10.6. The summed E-state index contributed by atoms with van der Waals surface area (Å²) in [6.45, 7) is 5.33. The van der Waals surface area contributed by atoms with Crippen LogP contribution in [0.15, 0.2) is 36.5 Å². The van der Waals surface area contributed by atoms with Gasteiger partial charge >= 0.3 is 0 Å². The summed E-state index contributed by atoms with van der Waals surface area (Å²) in [5.41, 5.74) is 1.28. The van der Waals surface area contributed by atoms with Crippen molar-refractivity contribution in [2.75, 3.05) is 29.5 Å². The van der Waals surface area contributed by atoms with Crippen molar-refractivity contribution < 1.29 is 14.3 Å². The Morgan fingerprint density at radius 1 is 1.27 bits per heavy atom. The molecule has 0 unspecified atom stereocenters. The van der Waals surface area contributed by atoms with E-state index in [0.717, 1.165) is 37.4 Å². The van der Waals surface area contributed by atoms with Crippen LogP contribution in [0, 0.1) is 0 Å². The lowest BCUT2D eigenvalue weighted by molar-refractivity contribution is -0.121. The number of benzene rings is 1. The highest BCUT2D eigenvalue weighted by Crippen LogP contribution is 2.36. The van der Waals surface area contributed by atoms with Crippen molar-refractivity contribution >= 4 is 34.9 Å². The largest absolute Gasteiger partial charge is 0.482 e. The zero-order valence-electron chi connectivity index (χ0n) is 17.1. The van der Waals surface area contributed by atoms with Crippen LogP contribution in [0.4, 0.5) is 11.5 Å². The number of hydrogen-bond acceptors (Lipinski definition) is 5. The van der Waals surface area contributed by atoms with E-state index in [1.54, 1.807) is 12.3 Å². The molecule has 2 aromatic rings. The lowest BCUT2D eigenvalue weighted by Gasteiger charge is -2.41. The first-order chi connectivity index (χ1) is 14.4. The highest BCUT2D eigenvalue weighted by Gasteiger charge is 2.34. The summed E-state index contributed by atoms with van der Waals surface area (Å²) in [5, 5.41) is 3.30. The fourth-order valence-corrected chi connectivity index (χ4v) is 4.28. The molecule has 1 aromatic heterocycles. The Morgan fingerprint density at radius 2 is 2.00 bits per heavy atom. The number of aromatic nitrogens is 1. The van der Waals surface area contributed by atoms with Gasteiger partial charge in [0.25, 0.3) is 11.8 Å². The van der Waals surface area contributed by atoms with Gasteiger partial charge in [-0.1, -0.05) is 23.7 Å². The lowest BCUT2D eigenvalue weighted by Crippen LogP contribution is -2.51. The van der Waals surface area contributed by atoms with Gasteiger partial charge in [-0.25, -0.2) is 4.98 Å². The molecule has 1 aromatic carbocycles. The molecule has 1 fully saturated rings. The first kappa shape index (κ1) is 20.5. The van der Waals surface area contributed by atoms with Crippen LogP contribution >= 0.6 is 11.6 Å². The van der Waals surface area contributed by atoms with E-state index >= 15 is 0 Å². The molecule has 8 heteroatoms. The fraction of sp³-hybridized carbons (Fsp3) is 0.409. The molecule has 0 saturated carbocycles. The van der Waals surface area contributed by atoms with Crippen LogP contribution in [0.5, 0.6) is 5.75 Å². The number of anilines is 2. The number of carbonyl (C=O) groups is 2. The van der Waals surface area contributed by atoms with Crippen LogP contribution in [-0.2, 0) is 4.79 Å². The maximum Gasteiger partial charge on any atom is 0.265 e. The highest BCUT2D eigenvalue weighted by molar-refractivity contribution is 6.33. The van der Waals surface area contributed by atoms with Crippen molar-refractivity contribution in [3.05, 3.63) is 47.1 Å². The Labute approximate surface area is 181 Å². The lowest BCUT2D eigenvalue weighted by atomic mass is 10.0. The topological polar surface area (TPSA) is 74.8 Å². The third-order valence-electron chi connectivity index (χ3n) is 5.38. The molecular weight excluding hydrogens is 404 g/mol. The Hall–Kier alpha value is -2.80. The number of pyridine rings is 1. The Kier molecular flexibility index (Phi) is 5.81. The summed E-state index contributed by atoms with van der Waals surface area (Å²) in [6.07, 6.45) is 3.16. The molecule has 1 N–H and O–H groups in total. The Bertz CT molecular complexity index is 957. The van der Waals surface area contributed by atoms with Gasteiger partial charge in [-0.2, -0.15) is 0 Å². The number of rotatable bonds is 4. The van der Waals surface area contributed by atoms with Gasteiger partial charge in [0.15, 0.2) is 6.61 Å². The summed E-state index contributed by atoms with van der Waals surface area (Å²) < 4.78 is 5.56. The van der Waals surface area contributed by atoms with Crippen LogP contribution in [0.3, 0.4) is 0 Å². The average Bonchev–Trinajstić information content (AvgIpc) is 2.73. The van der Waals surface area contributed by atoms with E-state index in [1.807, 2.05) is 43.0 Å². The Balaban J connectivity index is 1.45. The normalized spacial score (nSPS) is 17.0. The van der Waals surface area contributed by atoms with Gasteiger partial charge < -0.3 is 19.9 Å². The van der Waals surface area contributed by atoms with E-state index in [4.69, 9.17) is 16.3 Å². The maximum absolute atomic E-state index is 12.6. The number of fused-ring (bicyclic) bond motifs is 1. The van der Waals surface area contributed by atoms with Crippen molar-refractivity contribution in [3.63, 3.8) is 0 Å². The monoisotopic (exact) mass is 428 g/mol. The number of carbonyl (C=O) groups excluding carboxylic acids is 2. The molecular formula is C22H25ClN4O3. The molecule has 7 nitrogen and oxygen atoms in total. The van der Waals surface area contributed by atoms with Crippen molar-refractivity contribution in [2.45, 2.75) is 38.8 Å². The van der Waals surface area contributed by atoms with Gasteiger partial charge in [-0.3, -0.25) is 9.59 Å². The minimum absolute atomic E-state index is 0.0103. The van der Waals surface area contributed by atoms with E-state index in [-0.39, 0.29) is 30.5 Å². The van der Waals surface area contributed by atoms with Gasteiger partial charge in [-0.05, 0) is 44.9 Å². The molecule has 0 bridgehead atoms. The molecule has 0 atom stereocenters. The Morgan fingerprint density at radius 3 is 2.70 bits per heavy atom. The summed E-state index contributed by atoms with van der Waals surface area (Å²) >= 11 is 6.45. The average molecular weight is 429 g/mol. The number of piperidine rings is 1. The zero-order chi connectivity index (χ0) is 21.3. The third-order valence-corrected chi connectivity index (χ3v) is 5.66. The molecule has 30 heavy (non-hydrogen) atoms. The molecule has 2 aliphatic heterocycles. The van der Waals surface area contributed by atoms with Crippen LogP contribution in [-0.4, -0.2) is 48.6 Å². The fourth-order valence-electron chi connectivity index (χ4n) is 3.99. The van der Waals surface area contributed by atoms with Crippen LogP contribution < -0.4 is 19.9 Å². The minimum Gasteiger partial charge on any atom is -0.482 e. The molecule has 3 heterocycles. The molecule has 1 saturated heterocycles. The molecule has 158 valence electrons. The number of ether oxygens (including phenoxy) is 1. The van der Waals surface area contributed by atoms with Gasteiger partial charge in [0.05, 0.1) is 16.3 Å². The highest BCUT2D eigenvalue weighted by atomic mass is 35.5. The molecule has 0 aliphatic carbocycles. The van der Waals surface area contributed by atoms with Crippen molar-refractivity contribution in [1.29, 1.82) is 0 Å². The predicted molar refractivity (Wildman–Crippen MR) is 117 cm³/mol. The summed E-state index contributed by atoms with van der Waals surface area (Å²) in [6, 6.07) is 9.47. The SMILES string of the molecule is CC(C)NC(=O)c1cnc(N2CCC(N3C(=O)COc4ccccc43)CC2)c(Cl)c1. The van der Waals surface area contributed by atoms with Crippen molar-refractivity contribution in [1.82, 2.24) is 10.3 Å². The number of nitrogens with zero attached hydrogens (tertiary/aromatic N) is 3. The zero-order valence-corrected chi connectivity index (χ0v) is 17.9. The van der Waals surface area contributed by atoms with Crippen molar-refractivity contribution in [3.8, 4) is 5.75 Å². The maximum atomic E-state index is 12.6. The second-order valence-electron chi connectivity index (χ2n) is 7.90. The summed E-state index contributed by atoms with van der Waals surface area (Å²) in [5.74, 6) is 1.22. The van der Waals surface area contributed by atoms with Crippen LogP contribution in [0.1, 0.15) is 37.0 Å². The second-order valence-corrected chi connectivity index (χ2v) is 8.30. The van der Waals surface area contributed by atoms with E-state index in [9.17, 15) is 9.59 Å². The summed E-state index contributed by atoms with van der Waals surface area (Å²) in [7, 11) is 0. The predicted octanol–water partition coefficient (Wildman–Crippen LogP) is 3.27. The number of para-hydroxylation sites is 2. The van der Waals surface area contributed by atoms with Gasteiger partial charge in [0.1, 0.15) is 11.6 Å². The van der Waals surface area contributed by atoms with Crippen LogP contribution in [0.2, 0.25) is 5.02 Å². The van der Waals surface area contributed by atoms with Gasteiger partial charge in [-0.15, -0.1) is 0 Å². The molecule has 0 radical (unpaired) electrons. The van der Waals surface area contributed by atoms with Crippen molar-refractivity contribution in [2.24, 2.45) is 0 Å². The number of hydrogen-bond donors (Lipinski definition) is 1. The van der Waals surface area contributed by atoms with Gasteiger partial charge in [0.2, 0.25) is 0 Å². The van der Waals surface area contributed by atoms with Crippen LogP contribution in [0.25, 0.3) is 0 Å².